The fourth-order valence-electron chi connectivity index (χ4n) is 1.29. The van der Waals surface area contributed by atoms with E-state index in [1.165, 1.54) is 19.4 Å². The monoisotopic (exact) mass is 237 g/mol. The molecule has 1 heterocycles. The van der Waals surface area contributed by atoms with E-state index in [0.29, 0.717) is 11.4 Å². The molecule has 0 bridgehead atoms. The number of ether oxygens (including phenoxy) is 1. The van der Waals surface area contributed by atoms with Crippen molar-refractivity contribution in [3.8, 4) is 5.88 Å². The second-order valence-corrected chi connectivity index (χ2v) is 3.34. The normalized spacial score (nSPS) is 10.7. The molecule has 0 aliphatic heterocycles. The van der Waals surface area contributed by atoms with Crippen molar-refractivity contribution in [2.24, 2.45) is 0 Å². The maximum atomic E-state index is 10.6. The summed E-state index contributed by atoms with van der Waals surface area (Å²) in [5, 5.41) is 13.6. The van der Waals surface area contributed by atoms with Crippen molar-refractivity contribution in [3.63, 3.8) is 0 Å². The van der Waals surface area contributed by atoms with E-state index < -0.39 is 4.92 Å². The zero-order valence-corrected chi connectivity index (χ0v) is 9.84. The minimum Gasteiger partial charge on any atom is -0.481 e. The van der Waals surface area contributed by atoms with Crippen LogP contribution in [0.15, 0.2) is 18.3 Å². The third-order valence-electron chi connectivity index (χ3n) is 2.13. The van der Waals surface area contributed by atoms with Crippen molar-refractivity contribution >= 4 is 11.8 Å². The van der Waals surface area contributed by atoms with Gasteiger partial charge in [-0.25, -0.2) is 4.98 Å². The average Bonchev–Trinajstić information content (AvgIpc) is 2.34. The van der Waals surface area contributed by atoms with Crippen molar-refractivity contribution in [1.82, 2.24) is 10.3 Å². The maximum absolute atomic E-state index is 10.6. The van der Waals surface area contributed by atoms with E-state index >= 15 is 0 Å². The lowest BCUT2D eigenvalue weighted by Gasteiger charge is -2.02. The maximum Gasteiger partial charge on any atom is 0.288 e. The molecule has 0 aliphatic carbocycles. The Hall–Kier alpha value is -1.95. The number of rotatable bonds is 6. The second kappa shape index (κ2) is 6.59. The van der Waals surface area contributed by atoms with Crippen LogP contribution in [0.5, 0.6) is 5.88 Å². The summed E-state index contributed by atoms with van der Waals surface area (Å²) in [6, 6.07) is 1.45. The highest BCUT2D eigenvalue weighted by Crippen LogP contribution is 2.21. The molecule has 0 atom stereocenters. The van der Waals surface area contributed by atoms with Gasteiger partial charge in [-0.15, -0.1) is 0 Å². The van der Waals surface area contributed by atoms with Gasteiger partial charge >= 0.3 is 0 Å². The predicted molar refractivity (Wildman–Crippen MR) is 65.0 cm³/mol. The molecule has 6 heteroatoms. The van der Waals surface area contributed by atoms with Gasteiger partial charge in [0.15, 0.2) is 0 Å². The van der Waals surface area contributed by atoms with Crippen LogP contribution in [0.3, 0.4) is 0 Å². The van der Waals surface area contributed by atoms with Crippen LogP contribution in [-0.2, 0) is 0 Å². The smallest absolute Gasteiger partial charge is 0.288 e. The first-order chi connectivity index (χ1) is 8.19. The van der Waals surface area contributed by atoms with E-state index in [1.54, 1.807) is 6.08 Å². The molecule has 0 saturated heterocycles. The Kier molecular flexibility index (Phi) is 5.09. The van der Waals surface area contributed by atoms with Crippen molar-refractivity contribution in [2.45, 2.75) is 6.42 Å². The highest BCUT2D eigenvalue weighted by molar-refractivity contribution is 5.57. The molecule has 0 unspecified atom stereocenters. The van der Waals surface area contributed by atoms with Crippen LogP contribution in [-0.4, -0.2) is 30.6 Å². The van der Waals surface area contributed by atoms with Gasteiger partial charge in [0, 0.05) is 11.6 Å². The number of nitrogens with zero attached hydrogens (tertiary/aromatic N) is 2. The van der Waals surface area contributed by atoms with Gasteiger partial charge in [-0.05, 0) is 20.0 Å². The molecule has 0 aliphatic rings. The van der Waals surface area contributed by atoms with Crippen LogP contribution < -0.4 is 10.1 Å². The van der Waals surface area contributed by atoms with Gasteiger partial charge in [-0.1, -0.05) is 12.2 Å². The number of aromatic nitrogens is 1. The number of pyridine rings is 1. The number of nitrogens with one attached hydrogen (secondary N) is 1. The summed E-state index contributed by atoms with van der Waals surface area (Å²) >= 11 is 0. The molecular weight excluding hydrogens is 222 g/mol. The zero-order chi connectivity index (χ0) is 12.7. The quantitative estimate of drug-likeness (QED) is 0.462. The molecule has 1 rings (SSSR count). The van der Waals surface area contributed by atoms with Crippen molar-refractivity contribution in [3.05, 3.63) is 34.0 Å². The molecule has 0 fully saturated rings. The molecule has 1 aromatic rings. The molecule has 0 radical (unpaired) electrons. The van der Waals surface area contributed by atoms with Gasteiger partial charge in [0.25, 0.3) is 5.69 Å². The van der Waals surface area contributed by atoms with Crippen molar-refractivity contribution in [1.29, 1.82) is 0 Å². The Morgan fingerprint density at radius 1 is 1.65 bits per heavy atom. The SMILES string of the molecule is CNCCC=Cc1cc([N+](=O)[O-])cnc1OC. The van der Waals surface area contributed by atoms with Crippen LogP contribution in [0.4, 0.5) is 5.69 Å². The molecule has 1 aromatic heterocycles. The molecule has 17 heavy (non-hydrogen) atoms. The topological polar surface area (TPSA) is 77.3 Å². The third-order valence-corrected chi connectivity index (χ3v) is 2.13. The molecule has 0 amide bonds. The van der Waals surface area contributed by atoms with Crippen LogP contribution in [0.2, 0.25) is 0 Å². The van der Waals surface area contributed by atoms with E-state index in [1.807, 2.05) is 13.1 Å². The van der Waals surface area contributed by atoms with Crippen LogP contribution in [0.1, 0.15) is 12.0 Å². The van der Waals surface area contributed by atoms with E-state index in [4.69, 9.17) is 4.74 Å². The lowest BCUT2D eigenvalue weighted by molar-refractivity contribution is -0.385. The van der Waals surface area contributed by atoms with Gasteiger partial charge in [-0.3, -0.25) is 10.1 Å². The Balaban J connectivity index is 2.90. The summed E-state index contributed by atoms with van der Waals surface area (Å²) in [5.41, 5.74) is 0.567. The molecule has 0 saturated carbocycles. The van der Waals surface area contributed by atoms with Gasteiger partial charge in [0.1, 0.15) is 6.20 Å². The van der Waals surface area contributed by atoms with Crippen LogP contribution in [0.25, 0.3) is 6.08 Å². The highest BCUT2D eigenvalue weighted by atomic mass is 16.6. The largest absolute Gasteiger partial charge is 0.481 e. The first-order valence-electron chi connectivity index (χ1n) is 5.18. The predicted octanol–water partition coefficient (Wildman–Crippen LogP) is 1.62. The summed E-state index contributed by atoms with van der Waals surface area (Å²) in [7, 11) is 3.35. The summed E-state index contributed by atoms with van der Waals surface area (Å²) in [5.74, 6) is 0.385. The molecule has 92 valence electrons. The fourth-order valence-corrected chi connectivity index (χ4v) is 1.29. The average molecular weight is 237 g/mol. The van der Waals surface area contributed by atoms with Crippen molar-refractivity contribution < 1.29 is 9.66 Å². The Morgan fingerprint density at radius 2 is 2.41 bits per heavy atom. The summed E-state index contributed by atoms with van der Waals surface area (Å²) in [6.07, 6.45) is 5.71. The number of methoxy groups -OCH3 is 1. The summed E-state index contributed by atoms with van der Waals surface area (Å²) < 4.78 is 5.04. The Bertz CT molecular complexity index is 418. The molecule has 0 spiro atoms. The van der Waals surface area contributed by atoms with Gasteiger partial charge in [0.2, 0.25) is 5.88 Å². The van der Waals surface area contributed by atoms with E-state index in [2.05, 4.69) is 10.3 Å². The molecule has 6 nitrogen and oxygen atoms in total. The van der Waals surface area contributed by atoms with Crippen molar-refractivity contribution in [2.75, 3.05) is 20.7 Å². The summed E-state index contributed by atoms with van der Waals surface area (Å²) in [6.45, 7) is 0.848. The van der Waals surface area contributed by atoms with E-state index in [0.717, 1.165) is 13.0 Å². The number of hydrogen-bond donors (Lipinski definition) is 1. The highest BCUT2D eigenvalue weighted by Gasteiger charge is 2.10. The number of hydrogen-bond acceptors (Lipinski definition) is 5. The van der Waals surface area contributed by atoms with Crippen LogP contribution in [0, 0.1) is 10.1 Å². The first kappa shape index (κ1) is 13.1. The second-order valence-electron chi connectivity index (χ2n) is 3.34. The molecule has 1 N–H and O–H groups in total. The Morgan fingerprint density at radius 3 is 3.00 bits per heavy atom. The minimum absolute atomic E-state index is 0.0425. The number of nitro groups is 1. The van der Waals surface area contributed by atoms with Crippen LogP contribution >= 0.6 is 0 Å². The molecular formula is C11H15N3O3. The van der Waals surface area contributed by atoms with Gasteiger partial charge in [0.05, 0.1) is 12.0 Å². The zero-order valence-electron chi connectivity index (χ0n) is 9.84. The summed E-state index contributed by atoms with van der Waals surface area (Å²) in [4.78, 5) is 14.0. The lowest BCUT2D eigenvalue weighted by atomic mass is 10.2. The first-order valence-corrected chi connectivity index (χ1v) is 5.18. The van der Waals surface area contributed by atoms with Gasteiger partial charge in [-0.2, -0.15) is 0 Å². The third kappa shape index (κ3) is 3.84. The lowest BCUT2D eigenvalue weighted by Crippen LogP contribution is -2.05. The Labute approximate surface area is 99.5 Å². The van der Waals surface area contributed by atoms with Gasteiger partial charge < -0.3 is 10.1 Å². The van der Waals surface area contributed by atoms with E-state index in [-0.39, 0.29) is 5.69 Å². The van der Waals surface area contributed by atoms with E-state index in [9.17, 15) is 10.1 Å². The molecule has 0 aromatic carbocycles. The fraction of sp³-hybridized carbons (Fsp3) is 0.364. The standard InChI is InChI=1S/C11H15N3O3/c1-12-6-4-3-5-9-7-10(14(15)16)8-13-11(9)17-2/h3,5,7-8,12H,4,6H2,1-2H3. The minimum atomic E-state index is -0.475.